The van der Waals surface area contributed by atoms with Crippen LogP contribution in [0.5, 0.6) is 0 Å². The van der Waals surface area contributed by atoms with E-state index in [1.807, 2.05) is 18.2 Å². The molecule has 2 atom stereocenters. The van der Waals surface area contributed by atoms with Gasteiger partial charge >= 0.3 is 0 Å². The van der Waals surface area contributed by atoms with Crippen LogP contribution in [0.1, 0.15) is 18.4 Å². The molecule has 1 aliphatic rings. The summed E-state index contributed by atoms with van der Waals surface area (Å²) in [5, 5.41) is 18.6. The molecular formula is C13H20ClNO2. The van der Waals surface area contributed by atoms with Gasteiger partial charge in [-0.1, -0.05) is 30.3 Å². The Morgan fingerprint density at radius 3 is 2.00 bits per heavy atom. The minimum atomic E-state index is 0. The van der Waals surface area contributed by atoms with Gasteiger partial charge in [-0.3, -0.25) is 4.90 Å². The molecule has 0 saturated carbocycles. The third kappa shape index (κ3) is 3.42. The van der Waals surface area contributed by atoms with Gasteiger partial charge in [0.1, 0.15) is 0 Å². The predicted molar refractivity (Wildman–Crippen MR) is 70.2 cm³/mol. The van der Waals surface area contributed by atoms with Crippen LogP contribution in [0, 0.1) is 0 Å². The molecule has 0 aliphatic carbocycles. The minimum absolute atomic E-state index is 0. The average molecular weight is 258 g/mol. The molecule has 1 aromatic rings. The molecule has 2 rings (SSSR count). The Hall–Kier alpha value is -0.610. The van der Waals surface area contributed by atoms with Gasteiger partial charge in [0.05, 0.1) is 13.2 Å². The van der Waals surface area contributed by atoms with Crippen LogP contribution in [0.4, 0.5) is 0 Å². The van der Waals surface area contributed by atoms with Gasteiger partial charge in [-0.05, 0) is 18.4 Å². The zero-order chi connectivity index (χ0) is 11.4. The Bertz CT molecular complexity index is 308. The van der Waals surface area contributed by atoms with Gasteiger partial charge in [-0.15, -0.1) is 12.4 Å². The number of halogens is 1. The lowest BCUT2D eigenvalue weighted by atomic mass is 10.2. The fraction of sp³-hybridized carbons (Fsp3) is 0.538. The lowest BCUT2D eigenvalue weighted by Crippen LogP contribution is -2.39. The first-order chi connectivity index (χ1) is 7.85. The highest BCUT2D eigenvalue weighted by atomic mass is 35.5. The van der Waals surface area contributed by atoms with Crippen LogP contribution >= 0.6 is 12.4 Å². The van der Waals surface area contributed by atoms with E-state index >= 15 is 0 Å². The largest absolute Gasteiger partial charge is 0.395 e. The van der Waals surface area contributed by atoms with Crippen molar-refractivity contribution >= 4 is 12.4 Å². The van der Waals surface area contributed by atoms with Crippen LogP contribution < -0.4 is 0 Å². The summed E-state index contributed by atoms with van der Waals surface area (Å²) in [6.45, 7) is 1.18. The van der Waals surface area contributed by atoms with Gasteiger partial charge in [0, 0.05) is 18.6 Å². The van der Waals surface area contributed by atoms with Gasteiger partial charge in [0.15, 0.2) is 0 Å². The SMILES string of the molecule is Cl.OCC1CCC(CO)N1Cc1ccccc1. The summed E-state index contributed by atoms with van der Waals surface area (Å²) < 4.78 is 0. The topological polar surface area (TPSA) is 43.7 Å². The Morgan fingerprint density at radius 2 is 1.53 bits per heavy atom. The zero-order valence-corrected chi connectivity index (χ0v) is 10.6. The highest BCUT2D eigenvalue weighted by Crippen LogP contribution is 2.25. The van der Waals surface area contributed by atoms with E-state index in [-0.39, 0.29) is 37.7 Å². The third-order valence-electron chi connectivity index (χ3n) is 3.40. The third-order valence-corrected chi connectivity index (χ3v) is 3.40. The van der Waals surface area contributed by atoms with Gasteiger partial charge in [-0.25, -0.2) is 0 Å². The number of likely N-dealkylation sites (tertiary alicyclic amines) is 1. The standard InChI is InChI=1S/C13H19NO2.ClH/c15-9-12-6-7-13(10-16)14(12)8-11-4-2-1-3-5-11;/h1-5,12-13,15-16H,6-10H2;1H. The smallest absolute Gasteiger partial charge is 0.0587 e. The summed E-state index contributed by atoms with van der Waals surface area (Å²) >= 11 is 0. The highest BCUT2D eigenvalue weighted by Gasteiger charge is 2.32. The second kappa shape index (κ2) is 6.97. The van der Waals surface area contributed by atoms with Crippen molar-refractivity contribution in [1.82, 2.24) is 4.90 Å². The molecule has 1 fully saturated rings. The summed E-state index contributed by atoms with van der Waals surface area (Å²) in [7, 11) is 0. The lowest BCUT2D eigenvalue weighted by molar-refractivity contribution is 0.0903. The van der Waals surface area contributed by atoms with Crippen molar-refractivity contribution in [2.45, 2.75) is 31.5 Å². The van der Waals surface area contributed by atoms with Crippen LogP contribution in [0.2, 0.25) is 0 Å². The number of aliphatic hydroxyl groups excluding tert-OH is 2. The van der Waals surface area contributed by atoms with E-state index in [4.69, 9.17) is 0 Å². The number of aliphatic hydroxyl groups is 2. The monoisotopic (exact) mass is 257 g/mol. The molecule has 3 nitrogen and oxygen atoms in total. The Balaban J connectivity index is 0.00000144. The summed E-state index contributed by atoms with van der Waals surface area (Å²) in [4.78, 5) is 2.22. The first-order valence-electron chi connectivity index (χ1n) is 5.86. The van der Waals surface area contributed by atoms with E-state index in [0.29, 0.717) is 0 Å². The molecule has 1 saturated heterocycles. The van der Waals surface area contributed by atoms with Crippen LogP contribution in [0.25, 0.3) is 0 Å². The second-order valence-electron chi connectivity index (χ2n) is 4.41. The molecule has 2 unspecified atom stereocenters. The van der Waals surface area contributed by atoms with Gasteiger partial charge in [-0.2, -0.15) is 0 Å². The van der Waals surface area contributed by atoms with E-state index in [1.54, 1.807) is 0 Å². The second-order valence-corrected chi connectivity index (χ2v) is 4.41. The summed E-state index contributed by atoms with van der Waals surface area (Å²) in [6.07, 6.45) is 1.96. The van der Waals surface area contributed by atoms with E-state index in [0.717, 1.165) is 19.4 Å². The van der Waals surface area contributed by atoms with Crippen LogP contribution in [0.3, 0.4) is 0 Å². The van der Waals surface area contributed by atoms with Crippen molar-refractivity contribution in [2.75, 3.05) is 13.2 Å². The van der Waals surface area contributed by atoms with Crippen molar-refractivity contribution in [3.63, 3.8) is 0 Å². The van der Waals surface area contributed by atoms with Crippen molar-refractivity contribution in [3.8, 4) is 0 Å². The molecule has 4 heteroatoms. The summed E-state index contributed by atoms with van der Waals surface area (Å²) in [5.74, 6) is 0. The summed E-state index contributed by atoms with van der Waals surface area (Å²) in [5.41, 5.74) is 1.24. The first kappa shape index (κ1) is 14.5. The Morgan fingerprint density at radius 1 is 1.00 bits per heavy atom. The molecule has 96 valence electrons. The van der Waals surface area contributed by atoms with E-state index < -0.39 is 0 Å². The van der Waals surface area contributed by atoms with Crippen LogP contribution in [-0.2, 0) is 6.54 Å². The maximum absolute atomic E-state index is 9.30. The highest BCUT2D eigenvalue weighted by molar-refractivity contribution is 5.85. The molecule has 0 radical (unpaired) electrons. The van der Waals surface area contributed by atoms with Crippen molar-refractivity contribution in [2.24, 2.45) is 0 Å². The molecule has 0 spiro atoms. The van der Waals surface area contributed by atoms with Crippen LogP contribution in [-0.4, -0.2) is 40.4 Å². The molecule has 1 aromatic carbocycles. The number of nitrogens with zero attached hydrogens (tertiary/aromatic N) is 1. The molecule has 17 heavy (non-hydrogen) atoms. The molecule has 1 aliphatic heterocycles. The maximum atomic E-state index is 9.30. The van der Waals surface area contributed by atoms with Crippen molar-refractivity contribution in [3.05, 3.63) is 35.9 Å². The van der Waals surface area contributed by atoms with E-state index in [9.17, 15) is 10.2 Å². The van der Waals surface area contributed by atoms with Gasteiger partial charge in [0.2, 0.25) is 0 Å². The Labute approximate surface area is 108 Å². The number of benzene rings is 1. The minimum Gasteiger partial charge on any atom is -0.395 e. The van der Waals surface area contributed by atoms with Gasteiger partial charge in [0.25, 0.3) is 0 Å². The van der Waals surface area contributed by atoms with Gasteiger partial charge < -0.3 is 10.2 Å². The van der Waals surface area contributed by atoms with E-state index in [2.05, 4.69) is 17.0 Å². The molecule has 0 aromatic heterocycles. The summed E-state index contributed by atoms with van der Waals surface area (Å²) in [6, 6.07) is 10.6. The quantitative estimate of drug-likeness (QED) is 0.858. The predicted octanol–water partition coefficient (Wildman–Crippen LogP) is 1.43. The normalized spacial score (nSPS) is 24.6. The number of rotatable bonds is 4. The maximum Gasteiger partial charge on any atom is 0.0587 e. The molecule has 0 bridgehead atoms. The Kier molecular flexibility index (Phi) is 5.92. The molecule has 0 amide bonds. The fourth-order valence-electron chi connectivity index (χ4n) is 2.46. The van der Waals surface area contributed by atoms with Crippen molar-refractivity contribution in [1.29, 1.82) is 0 Å². The number of hydrogen-bond acceptors (Lipinski definition) is 3. The van der Waals surface area contributed by atoms with E-state index in [1.165, 1.54) is 5.56 Å². The first-order valence-corrected chi connectivity index (χ1v) is 5.86. The lowest BCUT2D eigenvalue weighted by Gasteiger charge is -2.28. The molecular weight excluding hydrogens is 238 g/mol. The molecule has 2 N–H and O–H groups in total. The number of hydrogen-bond donors (Lipinski definition) is 2. The van der Waals surface area contributed by atoms with Crippen LogP contribution in [0.15, 0.2) is 30.3 Å². The zero-order valence-electron chi connectivity index (χ0n) is 9.83. The fourth-order valence-corrected chi connectivity index (χ4v) is 2.46. The molecule has 1 heterocycles. The average Bonchev–Trinajstić information content (AvgIpc) is 2.72. The van der Waals surface area contributed by atoms with Crippen molar-refractivity contribution < 1.29 is 10.2 Å².